The van der Waals surface area contributed by atoms with Gasteiger partial charge in [-0.15, -0.1) is 0 Å². The highest BCUT2D eigenvalue weighted by atomic mass is 19.4. The lowest BCUT2D eigenvalue weighted by Gasteiger charge is -2.24. The van der Waals surface area contributed by atoms with Crippen molar-refractivity contribution in [3.63, 3.8) is 0 Å². The van der Waals surface area contributed by atoms with Crippen molar-refractivity contribution >= 4 is 11.9 Å². The molecule has 0 bridgehead atoms. The molecule has 1 aliphatic carbocycles. The average Bonchev–Trinajstić information content (AvgIpc) is 2.69. The molecule has 8 heteroatoms. The van der Waals surface area contributed by atoms with E-state index < -0.39 is 24.2 Å². The summed E-state index contributed by atoms with van der Waals surface area (Å²) in [4.78, 5) is 15.3. The molecule has 0 spiro atoms. The Labute approximate surface area is 181 Å². The molecule has 4 N–H and O–H groups in total. The SMILES string of the molecule is C\C=C/C(C)=C\C=C\NC1=NCC(C(F)(F)F)=C(CCC2=CCCC=C2CC(N)=O)N1. The van der Waals surface area contributed by atoms with Crippen LogP contribution in [0.25, 0.3) is 0 Å². The molecule has 0 unspecified atom stereocenters. The number of amides is 1. The van der Waals surface area contributed by atoms with E-state index in [2.05, 4.69) is 15.6 Å². The first kappa shape index (κ1) is 24.2. The molecule has 2 rings (SSSR count). The van der Waals surface area contributed by atoms with Crippen LogP contribution in [0.1, 0.15) is 46.0 Å². The van der Waals surface area contributed by atoms with Crippen LogP contribution in [0.4, 0.5) is 13.2 Å². The average molecular weight is 435 g/mol. The summed E-state index contributed by atoms with van der Waals surface area (Å²) in [7, 11) is 0. The van der Waals surface area contributed by atoms with Gasteiger partial charge in [0.2, 0.25) is 5.91 Å². The van der Waals surface area contributed by atoms with Crippen molar-refractivity contribution in [1.82, 2.24) is 10.6 Å². The lowest BCUT2D eigenvalue weighted by Crippen LogP contribution is -2.39. The smallest absolute Gasteiger partial charge is 0.369 e. The van der Waals surface area contributed by atoms with Gasteiger partial charge in [-0.05, 0) is 56.8 Å². The minimum absolute atomic E-state index is 0.0870. The third kappa shape index (κ3) is 7.96. The van der Waals surface area contributed by atoms with Gasteiger partial charge >= 0.3 is 6.18 Å². The predicted molar refractivity (Wildman–Crippen MR) is 118 cm³/mol. The summed E-state index contributed by atoms with van der Waals surface area (Å²) in [5, 5.41) is 5.69. The number of nitrogens with zero attached hydrogens (tertiary/aromatic N) is 1. The van der Waals surface area contributed by atoms with Crippen LogP contribution in [0.3, 0.4) is 0 Å². The molecule has 168 valence electrons. The normalized spacial score (nSPS) is 18.1. The lowest BCUT2D eigenvalue weighted by atomic mass is 9.91. The maximum absolute atomic E-state index is 13.5. The zero-order valence-electron chi connectivity index (χ0n) is 17.9. The Balaban J connectivity index is 2.07. The highest BCUT2D eigenvalue weighted by Gasteiger charge is 2.37. The fourth-order valence-electron chi connectivity index (χ4n) is 3.39. The number of alkyl halides is 3. The molecular weight excluding hydrogens is 405 g/mol. The van der Waals surface area contributed by atoms with Gasteiger partial charge in [0.25, 0.3) is 0 Å². The Morgan fingerprint density at radius 3 is 2.61 bits per heavy atom. The monoisotopic (exact) mass is 434 g/mol. The molecule has 1 aliphatic heterocycles. The van der Waals surface area contributed by atoms with E-state index in [0.717, 1.165) is 29.6 Å². The maximum atomic E-state index is 13.5. The number of halogens is 3. The van der Waals surface area contributed by atoms with Crippen molar-refractivity contribution in [3.8, 4) is 0 Å². The molecule has 5 nitrogen and oxygen atoms in total. The summed E-state index contributed by atoms with van der Waals surface area (Å²) in [6.07, 6.45) is 10.8. The summed E-state index contributed by atoms with van der Waals surface area (Å²) in [5.74, 6) is -0.184. The summed E-state index contributed by atoms with van der Waals surface area (Å²) in [5.41, 5.74) is 7.43. The van der Waals surface area contributed by atoms with Crippen molar-refractivity contribution in [3.05, 3.63) is 70.6 Å². The zero-order chi connectivity index (χ0) is 22.9. The zero-order valence-corrected chi connectivity index (χ0v) is 17.9. The Morgan fingerprint density at radius 1 is 1.26 bits per heavy atom. The van der Waals surface area contributed by atoms with Crippen LogP contribution in [0, 0.1) is 0 Å². The van der Waals surface area contributed by atoms with Gasteiger partial charge in [0.15, 0.2) is 5.96 Å². The Hall–Kier alpha value is -3.03. The fraction of sp³-hybridized carbons (Fsp3) is 0.391. The van der Waals surface area contributed by atoms with Crippen molar-refractivity contribution < 1.29 is 18.0 Å². The van der Waals surface area contributed by atoms with Crippen LogP contribution in [0.5, 0.6) is 0 Å². The van der Waals surface area contributed by atoms with Crippen LogP contribution < -0.4 is 16.4 Å². The number of primary amides is 1. The first-order valence-electron chi connectivity index (χ1n) is 10.2. The number of nitrogens with one attached hydrogen (secondary N) is 2. The third-order valence-electron chi connectivity index (χ3n) is 4.85. The van der Waals surface area contributed by atoms with Gasteiger partial charge in [0.1, 0.15) is 0 Å². The van der Waals surface area contributed by atoms with Gasteiger partial charge in [-0.2, -0.15) is 13.2 Å². The van der Waals surface area contributed by atoms with E-state index in [-0.39, 0.29) is 24.5 Å². The number of hydrogen-bond acceptors (Lipinski definition) is 4. The van der Waals surface area contributed by atoms with Crippen LogP contribution in [0.15, 0.2) is 75.6 Å². The minimum atomic E-state index is -4.47. The number of aliphatic imine (C=N–C) groups is 1. The highest BCUT2D eigenvalue weighted by Crippen LogP contribution is 2.33. The van der Waals surface area contributed by atoms with Gasteiger partial charge in [0.05, 0.1) is 18.5 Å². The van der Waals surface area contributed by atoms with E-state index in [0.29, 0.717) is 6.42 Å². The summed E-state index contributed by atoms with van der Waals surface area (Å²) in [6.45, 7) is 3.42. The first-order valence-corrected chi connectivity index (χ1v) is 10.2. The number of guanidine groups is 1. The van der Waals surface area contributed by atoms with E-state index >= 15 is 0 Å². The molecule has 0 atom stereocenters. The number of hydrogen-bond donors (Lipinski definition) is 3. The van der Waals surface area contributed by atoms with E-state index in [1.807, 2.05) is 44.2 Å². The van der Waals surface area contributed by atoms with Crippen molar-refractivity contribution in [1.29, 1.82) is 0 Å². The van der Waals surface area contributed by atoms with Crippen molar-refractivity contribution in [2.24, 2.45) is 10.7 Å². The molecule has 0 fully saturated rings. The molecule has 1 heterocycles. The quantitative estimate of drug-likeness (QED) is 0.485. The maximum Gasteiger partial charge on any atom is 0.416 e. The second kappa shape index (κ2) is 11.4. The number of rotatable bonds is 8. The van der Waals surface area contributed by atoms with E-state index in [4.69, 9.17) is 5.73 Å². The van der Waals surface area contributed by atoms with Crippen molar-refractivity contribution in [2.45, 2.75) is 52.1 Å². The van der Waals surface area contributed by atoms with Gasteiger partial charge in [-0.3, -0.25) is 4.79 Å². The second-order valence-electron chi connectivity index (χ2n) is 7.34. The van der Waals surface area contributed by atoms with Crippen LogP contribution in [0.2, 0.25) is 0 Å². The number of allylic oxidation sites excluding steroid dienone is 9. The van der Waals surface area contributed by atoms with Gasteiger partial charge in [0, 0.05) is 11.9 Å². The van der Waals surface area contributed by atoms with E-state index in [1.54, 1.807) is 12.3 Å². The number of carbonyl (C=O) groups is 1. The molecule has 0 saturated heterocycles. The Bertz CT molecular complexity index is 887. The van der Waals surface area contributed by atoms with Gasteiger partial charge < -0.3 is 16.4 Å². The minimum Gasteiger partial charge on any atom is -0.369 e. The summed E-state index contributed by atoms with van der Waals surface area (Å²) in [6, 6.07) is 0. The molecule has 0 aromatic heterocycles. The molecule has 0 aromatic carbocycles. The molecule has 1 amide bonds. The topological polar surface area (TPSA) is 79.5 Å². The molecule has 2 aliphatic rings. The highest BCUT2D eigenvalue weighted by molar-refractivity contribution is 5.84. The first-order chi connectivity index (χ1) is 14.7. The van der Waals surface area contributed by atoms with Crippen LogP contribution in [-0.2, 0) is 4.79 Å². The Morgan fingerprint density at radius 2 is 1.97 bits per heavy atom. The van der Waals surface area contributed by atoms with Gasteiger partial charge in [-0.25, -0.2) is 4.99 Å². The van der Waals surface area contributed by atoms with Crippen LogP contribution in [-0.4, -0.2) is 24.6 Å². The fourth-order valence-corrected chi connectivity index (χ4v) is 3.39. The van der Waals surface area contributed by atoms with E-state index in [1.165, 1.54) is 0 Å². The molecule has 31 heavy (non-hydrogen) atoms. The third-order valence-corrected chi connectivity index (χ3v) is 4.85. The van der Waals surface area contributed by atoms with Crippen molar-refractivity contribution in [2.75, 3.05) is 6.54 Å². The summed E-state index contributed by atoms with van der Waals surface area (Å²) < 4.78 is 40.5. The number of carbonyl (C=O) groups excluding carboxylic acids is 1. The van der Waals surface area contributed by atoms with E-state index in [9.17, 15) is 18.0 Å². The largest absolute Gasteiger partial charge is 0.416 e. The molecule has 0 aromatic rings. The predicted octanol–water partition coefficient (Wildman–Crippen LogP) is 4.69. The second-order valence-corrected chi connectivity index (χ2v) is 7.34. The standard InChI is InChI=1S/C23H29F3N4O/c1-3-7-16(2)8-6-13-28-22-29-15-19(23(24,25)26)20(30-22)12-11-17-9-4-5-10-18(17)14-21(27)31/h3,6-10,13H,4-5,11-12,14-15H2,1-2H3,(H2,27,31)(H2,28,29,30)/b7-3-,13-6+,16-8-. The lowest BCUT2D eigenvalue weighted by molar-refractivity contribution is -0.117. The van der Waals surface area contributed by atoms with Gasteiger partial charge in [-0.1, -0.05) is 36.0 Å². The van der Waals surface area contributed by atoms with Crippen LogP contribution >= 0.6 is 0 Å². The Kier molecular flexibility index (Phi) is 8.90. The number of nitrogens with two attached hydrogens (primary N) is 1. The molecular formula is C23H29F3N4O. The summed E-state index contributed by atoms with van der Waals surface area (Å²) >= 11 is 0. The molecule has 0 radical (unpaired) electrons. The molecule has 0 saturated carbocycles.